The molecule has 2 aliphatic rings. The summed E-state index contributed by atoms with van der Waals surface area (Å²) in [4.78, 5) is 13.0. The molecule has 1 aliphatic heterocycles. The van der Waals surface area contributed by atoms with Crippen LogP contribution in [0.3, 0.4) is 0 Å². The van der Waals surface area contributed by atoms with Crippen molar-refractivity contribution in [2.24, 2.45) is 0 Å². The molecule has 1 aliphatic carbocycles. The Morgan fingerprint density at radius 1 is 1.18 bits per heavy atom. The summed E-state index contributed by atoms with van der Waals surface area (Å²) in [6, 6.07) is 0.815. The zero-order chi connectivity index (χ0) is 12.1. The van der Waals surface area contributed by atoms with E-state index in [0.717, 1.165) is 32.0 Å². The van der Waals surface area contributed by atoms with Crippen LogP contribution in [-0.4, -0.2) is 47.8 Å². The van der Waals surface area contributed by atoms with Crippen LogP contribution in [0.15, 0.2) is 0 Å². The standard InChI is InChI=1S/C13H23NO3/c15-13(16)7-10-17-12-5-8-14(9-6-12)11-3-1-2-4-11/h11-12H,1-10H2,(H,15,16). The summed E-state index contributed by atoms with van der Waals surface area (Å²) in [5.41, 5.74) is 0. The Bertz CT molecular complexity index is 243. The number of piperidine rings is 1. The van der Waals surface area contributed by atoms with Gasteiger partial charge in [-0.25, -0.2) is 0 Å². The number of carboxylic acid groups (broad SMARTS) is 1. The quantitative estimate of drug-likeness (QED) is 0.798. The molecule has 98 valence electrons. The van der Waals surface area contributed by atoms with E-state index in [4.69, 9.17) is 9.84 Å². The minimum Gasteiger partial charge on any atom is -0.481 e. The summed E-state index contributed by atoms with van der Waals surface area (Å²) in [6.45, 7) is 2.62. The molecular weight excluding hydrogens is 218 g/mol. The molecule has 0 radical (unpaired) electrons. The molecule has 0 bridgehead atoms. The maximum atomic E-state index is 10.4. The first-order valence-corrected chi connectivity index (χ1v) is 6.83. The van der Waals surface area contributed by atoms with Crippen LogP contribution in [0.2, 0.25) is 0 Å². The Hall–Kier alpha value is -0.610. The van der Waals surface area contributed by atoms with Gasteiger partial charge in [0.2, 0.25) is 0 Å². The fourth-order valence-corrected chi connectivity index (χ4v) is 2.99. The van der Waals surface area contributed by atoms with Gasteiger partial charge in [0.1, 0.15) is 0 Å². The molecular formula is C13H23NO3. The summed E-state index contributed by atoms with van der Waals surface area (Å²) >= 11 is 0. The second kappa shape index (κ2) is 6.36. The lowest BCUT2D eigenvalue weighted by Gasteiger charge is -2.35. The number of aliphatic carboxylic acids is 1. The molecule has 1 N–H and O–H groups in total. The van der Waals surface area contributed by atoms with Crippen LogP contribution in [0.25, 0.3) is 0 Å². The minimum atomic E-state index is -0.770. The van der Waals surface area contributed by atoms with E-state index in [0.29, 0.717) is 6.61 Å². The van der Waals surface area contributed by atoms with Crippen LogP contribution in [0, 0.1) is 0 Å². The molecule has 1 heterocycles. The van der Waals surface area contributed by atoms with Crippen LogP contribution in [0.1, 0.15) is 44.9 Å². The fourth-order valence-electron chi connectivity index (χ4n) is 2.99. The summed E-state index contributed by atoms with van der Waals surface area (Å²) < 4.78 is 5.60. The SMILES string of the molecule is O=C(O)CCOC1CCN(C2CCCC2)CC1. The first kappa shape index (κ1) is 12.8. The van der Waals surface area contributed by atoms with E-state index < -0.39 is 5.97 Å². The molecule has 2 rings (SSSR count). The van der Waals surface area contributed by atoms with Gasteiger partial charge in [0.05, 0.1) is 19.1 Å². The van der Waals surface area contributed by atoms with Crippen molar-refractivity contribution in [1.29, 1.82) is 0 Å². The molecule has 0 aromatic carbocycles. The lowest BCUT2D eigenvalue weighted by molar-refractivity contribution is -0.138. The molecule has 0 spiro atoms. The molecule has 0 amide bonds. The van der Waals surface area contributed by atoms with Crippen molar-refractivity contribution in [2.45, 2.75) is 57.1 Å². The van der Waals surface area contributed by atoms with Gasteiger partial charge in [-0.3, -0.25) is 4.79 Å². The van der Waals surface area contributed by atoms with Gasteiger partial charge in [0, 0.05) is 19.1 Å². The first-order chi connectivity index (χ1) is 8.25. The summed E-state index contributed by atoms with van der Waals surface area (Å²) in [5.74, 6) is -0.770. The highest BCUT2D eigenvalue weighted by Gasteiger charge is 2.27. The predicted molar refractivity (Wildman–Crippen MR) is 65.1 cm³/mol. The lowest BCUT2D eigenvalue weighted by Crippen LogP contribution is -2.42. The zero-order valence-corrected chi connectivity index (χ0v) is 10.4. The summed E-state index contributed by atoms with van der Waals surface area (Å²) in [5, 5.41) is 8.54. The van der Waals surface area contributed by atoms with Crippen LogP contribution in [0.4, 0.5) is 0 Å². The monoisotopic (exact) mass is 241 g/mol. The number of ether oxygens (including phenoxy) is 1. The molecule has 0 aromatic heterocycles. The number of carbonyl (C=O) groups is 1. The normalized spacial score (nSPS) is 24.2. The number of hydrogen-bond donors (Lipinski definition) is 1. The summed E-state index contributed by atoms with van der Waals surface area (Å²) in [7, 11) is 0. The van der Waals surface area contributed by atoms with E-state index >= 15 is 0 Å². The third-order valence-corrected chi connectivity index (χ3v) is 3.99. The largest absolute Gasteiger partial charge is 0.481 e. The molecule has 1 saturated carbocycles. The van der Waals surface area contributed by atoms with E-state index in [1.165, 1.54) is 25.7 Å². The second-order valence-corrected chi connectivity index (χ2v) is 5.19. The molecule has 0 aromatic rings. The highest BCUT2D eigenvalue weighted by Crippen LogP contribution is 2.26. The Labute approximate surface area is 103 Å². The van der Waals surface area contributed by atoms with Gasteiger partial charge in [-0.05, 0) is 25.7 Å². The van der Waals surface area contributed by atoms with Crippen molar-refractivity contribution in [2.75, 3.05) is 19.7 Å². The topological polar surface area (TPSA) is 49.8 Å². The smallest absolute Gasteiger partial charge is 0.305 e. The first-order valence-electron chi connectivity index (χ1n) is 6.83. The minimum absolute atomic E-state index is 0.128. The number of likely N-dealkylation sites (tertiary alicyclic amines) is 1. The number of nitrogens with zero attached hydrogens (tertiary/aromatic N) is 1. The highest BCUT2D eigenvalue weighted by molar-refractivity contribution is 5.66. The highest BCUT2D eigenvalue weighted by atomic mass is 16.5. The van der Waals surface area contributed by atoms with Crippen molar-refractivity contribution in [3.8, 4) is 0 Å². The van der Waals surface area contributed by atoms with Crippen molar-refractivity contribution in [3.63, 3.8) is 0 Å². The van der Waals surface area contributed by atoms with E-state index in [2.05, 4.69) is 4.90 Å². The van der Waals surface area contributed by atoms with Crippen molar-refractivity contribution in [1.82, 2.24) is 4.90 Å². The Morgan fingerprint density at radius 2 is 1.82 bits per heavy atom. The molecule has 4 heteroatoms. The molecule has 17 heavy (non-hydrogen) atoms. The van der Waals surface area contributed by atoms with E-state index in [-0.39, 0.29) is 12.5 Å². The fraction of sp³-hybridized carbons (Fsp3) is 0.923. The predicted octanol–water partition coefficient (Wildman–Crippen LogP) is 1.88. The average molecular weight is 241 g/mol. The molecule has 2 fully saturated rings. The maximum Gasteiger partial charge on any atom is 0.305 e. The number of rotatable bonds is 5. The lowest BCUT2D eigenvalue weighted by atomic mass is 10.0. The average Bonchev–Trinajstić information content (AvgIpc) is 2.83. The maximum absolute atomic E-state index is 10.4. The summed E-state index contributed by atoms with van der Waals surface area (Å²) in [6.07, 6.45) is 8.05. The molecule has 0 atom stereocenters. The van der Waals surface area contributed by atoms with Crippen molar-refractivity contribution in [3.05, 3.63) is 0 Å². The Balaban J connectivity index is 1.62. The van der Waals surface area contributed by atoms with Gasteiger partial charge < -0.3 is 14.7 Å². The van der Waals surface area contributed by atoms with Gasteiger partial charge in [-0.2, -0.15) is 0 Å². The van der Waals surface area contributed by atoms with E-state index in [9.17, 15) is 4.79 Å². The van der Waals surface area contributed by atoms with E-state index in [1.54, 1.807) is 0 Å². The third kappa shape index (κ3) is 3.96. The van der Waals surface area contributed by atoms with Crippen LogP contribution >= 0.6 is 0 Å². The number of hydrogen-bond acceptors (Lipinski definition) is 3. The van der Waals surface area contributed by atoms with Gasteiger partial charge >= 0.3 is 5.97 Å². The molecule has 0 unspecified atom stereocenters. The third-order valence-electron chi connectivity index (χ3n) is 3.99. The van der Waals surface area contributed by atoms with Crippen LogP contribution in [-0.2, 0) is 9.53 Å². The van der Waals surface area contributed by atoms with Gasteiger partial charge in [0.15, 0.2) is 0 Å². The van der Waals surface area contributed by atoms with E-state index in [1.807, 2.05) is 0 Å². The van der Waals surface area contributed by atoms with Crippen molar-refractivity contribution < 1.29 is 14.6 Å². The number of carboxylic acids is 1. The van der Waals surface area contributed by atoms with Gasteiger partial charge in [-0.1, -0.05) is 12.8 Å². The van der Waals surface area contributed by atoms with Crippen LogP contribution < -0.4 is 0 Å². The van der Waals surface area contributed by atoms with Gasteiger partial charge in [-0.15, -0.1) is 0 Å². The molecule has 4 nitrogen and oxygen atoms in total. The van der Waals surface area contributed by atoms with Gasteiger partial charge in [0.25, 0.3) is 0 Å². The Kier molecular flexibility index (Phi) is 4.80. The Morgan fingerprint density at radius 3 is 2.41 bits per heavy atom. The zero-order valence-electron chi connectivity index (χ0n) is 10.4. The molecule has 1 saturated heterocycles. The van der Waals surface area contributed by atoms with Crippen LogP contribution in [0.5, 0.6) is 0 Å². The second-order valence-electron chi connectivity index (χ2n) is 5.19. The van der Waals surface area contributed by atoms with Crippen molar-refractivity contribution >= 4 is 5.97 Å².